The Morgan fingerprint density at radius 3 is 2.50 bits per heavy atom. The topological polar surface area (TPSA) is 58.1 Å². The highest BCUT2D eigenvalue weighted by Crippen LogP contribution is 2.30. The number of alkyl halides is 3. The second-order valence-electron chi connectivity index (χ2n) is 7.44. The van der Waals surface area contributed by atoms with E-state index in [1.54, 1.807) is 6.07 Å². The molecule has 0 aliphatic carbocycles. The summed E-state index contributed by atoms with van der Waals surface area (Å²) in [6.07, 6.45) is -3.73. The van der Waals surface area contributed by atoms with E-state index in [1.807, 2.05) is 29.2 Å². The Kier molecular flexibility index (Phi) is 5.01. The predicted molar refractivity (Wildman–Crippen MR) is 108 cm³/mol. The first-order chi connectivity index (χ1) is 14.2. The van der Waals surface area contributed by atoms with Crippen LogP contribution < -0.4 is 16.1 Å². The molecule has 0 spiro atoms. The van der Waals surface area contributed by atoms with Gasteiger partial charge >= 0.3 is 11.9 Å². The van der Waals surface area contributed by atoms with Crippen LogP contribution in [-0.4, -0.2) is 16.1 Å². The van der Waals surface area contributed by atoms with E-state index in [9.17, 15) is 22.8 Å². The van der Waals surface area contributed by atoms with E-state index >= 15 is 0 Å². The molecule has 156 valence electrons. The lowest BCUT2D eigenvalue weighted by atomic mass is 9.98. The molecule has 1 N–H and O–H groups in total. The number of anilines is 1. The molecular formula is C22H20F3N3O2. The zero-order valence-corrected chi connectivity index (χ0v) is 16.3. The number of nitrogens with one attached hydrogen (secondary N) is 1. The summed E-state index contributed by atoms with van der Waals surface area (Å²) in [4.78, 5) is 29.8. The highest BCUT2D eigenvalue weighted by atomic mass is 19.4. The van der Waals surface area contributed by atoms with Crippen LogP contribution in [0.5, 0.6) is 0 Å². The molecule has 0 radical (unpaired) electrons. The lowest BCUT2D eigenvalue weighted by Crippen LogP contribution is -2.40. The molecule has 5 nitrogen and oxygen atoms in total. The van der Waals surface area contributed by atoms with Crippen LogP contribution >= 0.6 is 0 Å². The molecule has 0 saturated carbocycles. The van der Waals surface area contributed by atoms with Gasteiger partial charge in [0.15, 0.2) is 0 Å². The third-order valence-corrected chi connectivity index (χ3v) is 5.46. The Balaban J connectivity index is 1.77. The number of benzene rings is 2. The minimum Gasteiger partial charge on any atom is -0.353 e. The lowest BCUT2D eigenvalue weighted by Gasteiger charge is -2.31. The molecule has 3 aromatic rings. The minimum absolute atomic E-state index is 0.0130. The quantitative estimate of drug-likeness (QED) is 0.715. The van der Waals surface area contributed by atoms with Crippen molar-refractivity contribution in [1.82, 2.24) is 9.55 Å². The first-order valence-corrected chi connectivity index (χ1v) is 9.54. The van der Waals surface area contributed by atoms with E-state index in [1.165, 1.54) is 18.7 Å². The standard InChI is InChI=1S/C22H20F3N3O2/c1-27-20(29)18(12-14-5-4-8-17(11-14)22(23,24)25)19(26-21(27)30)28-10-9-15-6-2-3-7-16(15)13-28/h2-8,11H,9-10,12-13H2,1H3,(H,26,30). The van der Waals surface area contributed by atoms with Gasteiger partial charge in [-0.2, -0.15) is 13.2 Å². The van der Waals surface area contributed by atoms with Gasteiger partial charge in [-0.25, -0.2) is 4.79 Å². The van der Waals surface area contributed by atoms with Crippen LogP contribution in [0, 0.1) is 0 Å². The van der Waals surface area contributed by atoms with E-state index in [-0.39, 0.29) is 12.0 Å². The SMILES string of the molecule is Cn1c(=O)[nH]c(N2CCc3ccccc3C2)c(Cc2cccc(C(F)(F)F)c2)c1=O. The fraction of sp³-hybridized carbons (Fsp3) is 0.273. The number of fused-ring (bicyclic) bond motifs is 1. The highest BCUT2D eigenvalue weighted by Gasteiger charge is 2.30. The Bertz CT molecular complexity index is 1210. The smallest absolute Gasteiger partial charge is 0.353 e. The fourth-order valence-corrected chi connectivity index (χ4v) is 3.83. The number of aromatic nitrogens is 2. The fourth-order valence-electron chi connectivity index (χ4n) is 3.83. The lowest BCUT2D eigenvalue weighted by molar-refractivity contribution is -0.137. The Morgan fingerprint density at radius 1 is 1.03 bits per heavy atom. The van der Waals surface area contributed by atoms with Gasteiger partial charge in [-0.15, -0.1) is 0 Å². The van der Waals surface area contributed by atoms with Crippen molar-refractivity contribution in [1.29, 1.82) is 0 Å². The van der Waals surface area contributed by atoms with Crippen molar-refractivity contribution in [3.05, 3.63) is 97.2 Å². The number of rotatable bonds is 3. The molecule has 1 aliphatic rings. The highest BCUT2D eigenvalue weighted by molar-refractivity contribution is 5.51. The van der Waals surface area contributed by atoms with Crippen molar-refractivity contribution in [2.75, 3.05) is 11.4 Å². The third-order valence-electron chi connectivity index (χ3n) is 5.46. The molecule has 2 heterocycles. The number of hydrogen-bond donors (Lipinski definition) is 1. The van der Waals surface area contributed by atoms with Crippen LogP contribution in [0.2, 0.25) is 0 Å². The van der Waals surface area contributed by atoms with Crippen molar-refractivity contribution >= 4 is 5.82 Å². The summed E-state index contributed by atoms with van der Waals surface area (Å²) in [6, 6.07) is 12.8. The van der Waals surface area contributed by atoms with Gasteiger partial charge in [0.05, 0.1) is 11.1 Å². The van der Waals surface area contributed by atoms with Gasteiger partial charge < -0.3 is 4.90 Å². The number of nitrogens with zero attached hydrogens (tertiary/aromatic N) is 2. The maximum atomic E-state index is 13.1. The van der Waals surface area contributed by atoms with Gasteiger partial charge in [0.25, 0.3) is 5.56 Å². The summed E-state index contributed by atoms with van der Waals surface area (Å²) >= 11 is 0. The molecular weight excluding hydrogens is 395 g/mol. The second-order valence-corrected chi connectivity index (χ2v) is 7.44. The zero-order chi connectivity index (χ0) is 21.5. The van der Waals surface area contributed by atoms with Crippen molar-refractivity contribution in [3.63, 3.8) is 0 Å². The van der Waals surface area contributed by atoms with Crippen molar-refractivity contribution < 1.29 is 13.2 Å². The number of hydrogen-bond acceptors (Lipinski definition) is 3. The van der Waals surface area contributed by atoms with E-state index in [0.717, 1.165) is 28.7 Å². The monoisotopic (exact) mass is 415 g/mol. The Morgan fingerprint density at radius 2 is 1.77 bits per heavy atom. The second kappa shape index (κ2) is 7.51. The molecule has 1 aromatic heterocycles. The largest absolute Gasteiger partial charge is 0.416 e. The maximum Gasteiger partial charge on any atom is 0.416 e. The van der Waals surface area contributed by atoms with Crippen molar-refractivity contribution in [2.45, 2.75) is 25.6 Å². The maximum absolute atomic E-state index is 13.1. The van der Waals surface area contributed by atoms with Crippen LogP contribution in [0.1, 0.15) is 27.8 Å². The van der Waals surface area contributed by atoms with Crippen LogP contribution in [0.25, 0.3) is 0 Å². The summed E-state index contributed by atoms with van der Waals surface area (Å²) in [7, 11) is 1.35. The van der Waals surface area contributed by atoms with Crippen molar-refractivity contribution in [3.8, 4) is 0 Å². The molecule has 0 atom stereocenters. The summed E-state index contributed by atoms with van der Waals surface area (Å²) in [5.41, 5.74) is 1.10. The third kappa shape index (κ3) is 3.77. The van der Waals surface area contributed by atoms with E-state index in [4.69, 9.17) is 0 Å². The number of H-pyrrole nitrogens is 1. The minimum atomic E-state index is -4.47. The van der Waals surface area contributed by atoms with Gasteiger partial charge in [0.1, 0.15) is 5.82 Å². The summed E-state index contributed by atoms with van der Waals surface area (Å²) in [5, 5.41) is 0. The van der Waals surface area contributed by atoms with Gasteiger partial charge in [-0.1, -0.05) is 42.5 Å². The molecule has 8 heteroatoms. The predicted octanol–water partition coefficient (Wildman–Crippen LogP) is 3.25. The van der Waals surface area contributed by atoms with Gasteiger partial charge in [0.2, 0.25) is 0 Å². The molecule has 0 fully saturated rings. The van der Waals surface area contributed by atoms with Crippen LogP contribution in [0.4, 0.5) is 19.0 Å². The number of halogens is 3. The number of aromatic amines is 1. The van der Waals surface area contributed by atoms with Crippen molar-refractivity contribution in [2.24, 2.45) is 7.05 Å². The molecule has 0 bridgehead atoms. The van der Waals surface area contributed by atoms with Gasteiger partial charge in [-0.05, 0) is 29.2 Å². The molecule has 30 heavy (non-hydrogen) atoms. The Labute approximate surface area is 170 Å². The molecule has 0 saturated heterocycles. The van der Waals surface area contributed by atoms with Gasteiger partial charge in [-0.3, -0.25) is 14.3 Å². The summed E-state index contributed by atoms with van der Waals surface area (Å²) in [5.74, 6) is 0.370. The van der Waals surface area contributed by atoms with Crippen LogP contribution in [-0.2, 0) is 32.6 Å². The molecule has 0 unspecified atom stereocenters. The van der Waals surface area contributed by atoms with E-state index in [2.05, 4.69) is 4.98 Å². The molecule has 4 rings (SSSR count). The molecule has 0 amide bonds. The summed E-state index contributed by atoms with van der Waals surface area (Å²) in [6.45, 7) is 1.10. The zero-order valence-electron chi connectivity index (χ0n) is 16.3. The van der Waals surface area contributed by atoms with E-state index in [0.29, 0.717) is 24.5 Å². The van der Waals surface area contributed by atoms with E-state index < -0.39 is 23.0 Å². The first kappa shape index (κ1) is 20.0. The first-order valence-electron chi connectivity index (χ1n) is 9.54. The molecule has 2 aromatic carbocycles. The average Bonchev–Trinajstić information content (AvgIpc) is 2.73. The Hall–Kier alpha value is -3.29. The molecule has 1 aliphatic heterocycles. The van der Waals surface area contributed by atoms with Crippen LogP contribution in [0.15, 0.2) is 58.1 Å². The van der Waals surface area contributed by atoms with Gasteiger partial charge in [0, 0.05) is 26.6 Å². The average molecular weight is 415 g/mol. The normalized spacial score (nSPS) is 13.9. The van der Waals surface area contributed by atoms with Crippen LogP contribution in [0.3, 0.4) is 0 Å². The summed E-state index contributed by atoms with van der Waals surface area (Å²) < 4.78 is 40.2.